The smallest absolute Gasteiger partial charge is 0.257 e. The number of carbonyl (C=O) groups is 1. The number of rotatable bonds is 9. The molecule has 2 aromatic carbocycles. The molecule has 28 heavy (non-hydrogen) atoms. The highest BCUT2D eigenvalue weighted by Crippen LogP contribution is 2.34. The van der Waals surface area contributed by atoms with Crippen LogP contribution < -0.4 is 19.9 Å². The SMILES string of the molecule is COc1ccc(COc2cc(OC[C@@H](O)CN)c(C(=O)N(C)C)cc2Cl)cc1. The highest BCUT2D eigenvalue weighted by Gasteiger charge is 2.19. The van der Waals surface area contributed by atoms with Gasteiger partial charge in [-0.2, -0.15) is 0 Å². The van der Waals surface area contributed by atoms with Crippen molar-refractivity contribution in [3.8, 4) is 17.2 Å². The molecular weight excluding hydrogens is 384 g/mol. The summed E-state index contributed by atoms with van der Waals surface area (Å²) in [5.41, 5.74) is 6.61. The zero-order valence-corrected chi connectivity index (χ0v) is 16.9. The number of ether oxygens (including phenoxy) is 3. The molecule has 0 fully saturated rings. The number of amides is 1. The molecule has 0 aromatic heterocycles. The van der Waals surface area contributed by atoms with Crippen LogP contribution in [0.1, 0.15) is 15.9 Å². The zero-order valence-electron chi connectivity index (χ0n) is 16.1. The lowest BCUT2D eigenvalue weighted by atomic mass is 10.1. The summed E-state index contributed by atoms with van der Waals surface area (Å²) in [6, 6.07) is 10.5. The standard InChI is InChI=1S/C20H25ClN2O5/c1-23(2)20(25)16-8-17(21)19(9-18(16)28-12-14(24)10-22)27-11-13-4-6-15(26-3)7-5-13/h4-9,14,24H,10-12,22H2,1-3H3/t14-/m0/s1. The number of benzene rings is 2. The Morgan fingerprint density at radius 3 is 2.43 bits per heavy atom. The molecule has 2 rings (SSSR count). The molecule has 0 saturated heterocycles. The van der Waals surface area contributed by atoms with Crippen molar-refractivity contribution in [2.24, 2.45) is 5.73 Å². The van der Waals surface area contributed by atoms with E-state index in [0.717, 1.165) is 11.3 Å². The molecule has 0 spiro atoms. The molecule has 8 heteroatoms. The zero-order chi connectivity index (χ0) is 20.7. The van der Waals surface area contributed by atoms with E-state index in [-0.39, 0.29) is 42.0 Å². The number of aliphatic hydroxyl groups is 1. The summed E-state index contributed by atoms with van der Waals surface area (Å²) >= 11 is 6.31. The van der Waals surface area contributed by atoms with Gasteiger partial charge in [-0.1, -0.05) is 23.7 Å². The molecule has 0 radical (unpaired) electrons. The molecule has 0 aliphatic heterocycles. The normalized spacial score (nSPS) is 11.6. The van der Waals surface area contributed by atoms with E-state index in [9.17, 15) is 9.90 Å². The van der Waals surface area contributed by atoms with E-state index in [0.29, 0.717) is 5.75 Å². The summed E-state index contributed by atoms with van der Waals surface area (Å²) in [4.78, 5) is 13.8. The second kappa shape index (κ2) is 10.2. The van der Waals surface area contributed by atoms with E-state index in [1.54, 1.807) is 27.3 Å². The molecule has 1 atom stereocenters. The van der Waals surface area contributed by atoms with Gasteiger partial charge in [-0.05, 0) is 23.8 Å². The summed E-state index contributed by atoms with van der Waals surface area (Å²) < 4.78 is 16.5. The largest absolute Gasteiger partial charge is 0.497 e. The van der Waals surface area contributed by atoms with Crippen LogP contribution in [0.2, 0.25) is 5.02 Å². The first kappa shape index (κ1) is 21.8. The maximum Gasteiger partial charge on any atom is 0.257 e. The van der Waals surface area contributed by atoms with Gasteiger partial charge >= 0.3 is 0 Å². The molecular formula is C20H25ClN2O5. The number of halogens is 1. The minimum atomic E-state index is -0.846. The van der Waals surface area contributed by atoms with E-state index >= 15 is 0 Å². The van der Waals surface area contributed by atoms with Gasteiger partial charge in [-0.3, -0.25) is 4.79 Å². The third-order valence-electron chi connectivity index (χ3n) is 3.93. The monoisotopic (exact) mass is 408 g/mol. The van der Waals surface area contributed by atoms with Crippen LogP contribution in [-0.4, -0.2) is 56.4 Å². The fraction of sp³-hybridized carbons (Fsp3) is 0.350. The first-order chi connectivity index (χ1) is 13.3. The summed E-state index contributed by atoms with van der Waals surface area (Å²) in [7, 11) is 4.86. The van der Waals surface area contributed by atoms with Crippen LogP contribution in [-0.2, 0) is 6.61 Å². The quantitative estimate of drug-likeness (QED) is 0.661. The topological polar surface area (TPSA) is 94.2 Å². The molecule has 3 N–H and O–H groups in total. The molecule has 2 aromatic rings. The Balaban J connectivity index is 2.23. The Morgan fingerprint density at radius 1 is 1.18 bits per heavy atom. The van der Waals surface area contributed by atoms with Crippen molar-refractivity contribution in [3.63, 3.8) is 0 Å². The number of aliphatic hydroxyl groups excluding tert-OH is 1. The first-order valence-electron chi connectivity index (χ1n) is 8.67. The molecule has 1 amide bonds. The van der Waals surface area contributed by atoms with Crippen LogP contribution >= 0.6 is 11.6 Å². The van der Waals surface area contributed by atoms with Crippen LogP contribution in [0.25, 0.3) is 0 Å². The number of hydrogen-bond donors (Lipinski definition) is 2. The van der Waals surface area contributed by atoms with Crippen molar-refractivity contribution < 1.29 is 24.1 Å². The Bertz CT molecular complexity index is 796. The number of hydrogen-bond acceptors (Lipinski definition) is 6. The number of nitrogens with two attached hydrogens (primary N) is 1. The average molecular weight is 409 g/mol. The van der Waals surface area contributed by atoms with Gasteiger partial charge in [0.15, 0.2) is 0 Å². The van der Waals surface area contributed by atoms with Gasteiger partial charge in [-0.15, -0.1) is 0 Å². The maximum atomic E-state index is 12.4. The van der Waals surface area contributed by atoms with Crippen molar-refractivity contribution in [3.05, 3.63) is 52.5 Å². The first-order valence-corrected chi connectivity index (χ1v) is 9.05. The van der Waals surface area contributed by atoms with E-state index in [1.807, 2.05) is 24.3 Å². The molecule has 0 saturated carbocycles. The summed E-state index contributed by atoms with van der Waals surface area (Å²) in [6.45, 7) is 0.269. The third kappa shape index (κ3) is 5.76. The highest BCUT2D eigenvalue weighted by atomic mass is 35.5. The lowest BCUT2D eigenvalue weighted by Gasteiger charge is -2.18. The molecule has 0 unspecified atom stereocenters. The van der Waals surface area contributed by atoms with E-state index in [4.69, 9.17) is 31.5 Å². The summed E-state index contributed by atoms with van der Waals surface area (Å²) in [6.07, 6.45) is -0.846. The molecule has 7 nitrogen and oxygen atoms in total. The average Bonchev–Trinajstić information content (AvgIpc) is 2.71. The van der Waals surface area contributed by atoms with Crippen LogP contribution in [0.5, 0.6) is 17.2 Å². The summed E-state index contributed by atoms with van der Waals surface area (Å²) in [5, 5.41) is 9.95. The second-order valence-corrected chi connectivity index (χ2v) is 6.72. The van der Waals surface area contributed by atoms with E-state index < -0.39 is 6.10 Å². The van der Waals surface area contributed by atoms with Crippen LogP contribution in [0.3, 0.4) is 0 Å². The number of carbonyl (C=O) groups excluding carboxylic acids is 1. The van der Waals surface area contributed by atoms with Crippen LogP contribution in [0.4, 0.5) is 0 Å². The fourth-order valence-corrected chi connectivity index (χ4v) is 2.53. The Labute approximate surface area is 169 Å². The molecule has 0 aliphatic rings. The Hall–Kier alpha value is -2.48. The van der Waals surface area contributed by atoms with Gasteiger partial charge in [0.05, 0.1) is 17.7 Å². The minimum absolute atomic E-state index is 0.0470. The molecule has 0 aliphatic carbocycles. The maximum absolute atomic E-state index is 12.4. The van der Waals surface area contributed by atoms with Crippen LogP contribution in [0, 0.1) is 0 Å². The van der Waals surface area contributed by atoms with Crippen molar-refractivity contribution in [1.29, 1.82) is 0 Å². The van der Waals surface area contributed by atoms with Crippen molar-refractivity contribution in [2.75, 3.05) is 34.4 Å². The summed E-state index contributed by atoms with van der Waals surface area (Å²) in [5.74, 6) is 1.11. The molecule has 0 heterocycles. The van der Waals surface area contributed by atoms with E-state index in [1.165, 1.54) is 11.0 Å². The van der Waals surface area contributed by atoms with Gasteiger partial charge in [0.2, 0.25) is 0 Å². The second-order valence-electron chi connectivity index (χ2n) is 6.32. The van der Waals surface area contributed by atoms with Gasteiger partial charge in [0.1, 0.15) is 36.6 Å². The third-order valence-corrected chi connectivity index (χ3v) is 4.22. The lowest BCUT2D eigenvalue weighted by Crippen LogP contribution is -2.28. The van der Waals surface area contributed by atoms with E-state index in [2.05, 4.69) is 0 Å². The van der Waals surface area contributed by atoms with Gasteiger partial charge in [0.25, 0.3) is 5.91 Å². The predicted octanol–water partition coefficient (Wildman–Crippen LogP) is 2.33. The van der Waals surface area contributed by atoms with Gasteiger partial charge < -0.3 is 30.0 Å². The molecule has 0 bridgehead atoms. The van der Waals surface area contributed by atoms with Crippen molar-refractivity contribution >= 4 is 17.5 Å². The van der Waals surface area contributed by atoms with Gasteiger partial charge in [0, 0.05) is 26.7 Å². The highest BCUT2D eigenvalue weighted by molar-refractivity contribution is 6.32. The fourth-order valence-electron chi connectivity index (χ4n) is 2.31. The minimum Gasteiger partial charge on any atom is -0.497 e. The van der Waals surface area contributed by atoms with Crippen LogP contribution in [0.15, 0.2) is 36.4 Å². The van der Waals surface area contributed by atoms with Crippen molar-refractivity contribution in [1.82, 2.24) is 4.90 Å². The number of nitrogens with zero attached hydrogens (tertiary/aromatic N) is 1. The van der Waals surface area contributed by atoms with Crippen molar-refractivity contribution in [2.45, 2.75) is 12.7 Å². The number of methoxy groups -OCH3 is 1. The lowest BCUT2D eigenvalue weighted by molar-refractivity contribution is 0.0812. The Kier molecular flexibility index (Phi) is 7.92. The van der Waals surface area contributed by atoms with Gasteiger partial charge in [-0.25, -0.2) is 0 Å². The molecule has 152 valence electrons. The predicted molar refractivity (Wildman–Crippen MR) is 107 cm³/mol. The Morgan fingerprint density at radius 2 is 1.86 bits per heavy atom.